The summed E-state index contributed by atoms with van der Waals surface area (Å²) in [4.78, 5) is 33.8. The molecule has 6 heterocycles. The molecule has 0 fully saturated rings. The Balaban J connectivity index is 1.36. The van der Waals surface area contributed by atoms with Gasteiger partial charge >= 0.3 is 0 Å². The summed E-state index contributed by atoms with van der Waals surface area (Å²) in [5.41, 5.74) is 7.90. The van der Waals surface area contributed by atoms with E-state index in [1.165, 1.54) is 0 Å². The highest BCUT2D eigenvalue weighted by Crippen LogP contribution is 2.33. The summed E-state index contributed by atoms with van der Waals surface area (Å²) in [6.07, 6.45) is 9.18. The van der Waals surface area contributed by atoms with Gasteiger partial charge in [0.05, 0.1) is 28.8 Å². The van der Waals surface area contributed by atoms with E-state index in [9.17, 15) is 4.79 Å². The molecule has 3 N–H and O–H groups in total. The van der Waals surface area contributed by atoms with Gasteiger partial charge in [0.25, 0.3) is 0 Å². The number of aromatic amines is 2. The van der Waals surface area contributed by atoms with Crippen molar-refractivity contribution in [1.29, 1.82) is 0 Å². The van der Waals surface area contributed by atoms with E-state index in [2.05, 4.69) is 35.5 Å². The number of aromatic nitrogens is 7. The fourth-order valence-electron chi connectivity index (χ4n) is 4.51. The highest BCUT2D eigenvalue weighted by Gasteiger charge is 2.18. The zero-order valence-corrected chi connectivity index (χ0v) is 21.3. The molecule has 9 nitrogen and oxygen atoms in total. The van der Waals surface area contributed by atoms with Crippen LogP contribution in [-0.4, -0.2) is 41.0 Å². The molecule has 6 aromatic heterocycles. The van der Waals surface area contributed by atoms with Crippen LogP contribution in [0, 0.1) is 5.41 Å². The largest absolute Gasteiger partial charge is 0.338 e. The summed E-state index contributed by atoms with van der Waals surface area (Å²) in [6.45, 7) is 6.10. The molecule has 0 saturated carbocycles. The first-order valence-electron chi connectivity index (χ1n) is 12.3. The first kappa shape index (κ1) is 23.5. The minimum absolute atomic E-state index is 0.0462. The molecule has 38 heavy (non-hydrogen) atoms. The minimum Gasteiger partial charge on any atom is -0.338 e. The van der Waals surface area contributed by atoms with Gasteiger partial charge in [-0.3, -0.25) is 19.9 Å². The second-order valence-electron chi connectivity index (χ2n) is 10.5. The van der Waals surface area contributed by atoms with E-state index in [0.717, 1.165) is 50.1 Å². The fourth-order valence-corrected chi connectivity index (χ4v) is 4.51. The number of nitrogens with one attached hydrogen (secondary N) is 3. The van der Waals surface area contributed by atoms with E-state index in [-0.39, 0.29) is 11.3 Å². The monoisotopic (exact) mass is 502 g/mol. The van der Waals surface area contributed by atoms with Crippen LogP contribution in [0.5, 0.6) is 0 Å². The Morgan fingerprint density at radius 2 is 1.84 bits per heavy atom. The lowest BCUT2D eigenvalue weighted by Gasteiger charge is -2.17. The van der Waals surface area contributed by atoms with Gasteiger partial charge in [-0.25, -0.2) is 9.97 Å². The molecule has 0 bridgehead atoms. The van der Waals surface area contributed by atoms with Crippen molar-refractivity contribution < 1.29 is 4.79 Å². The molecular weight excluding hydrogens is 476 g/mol. The van der Waals surface area contributed by atoms with Gasteiger partial charge in [0.15, 0.2) is 0 Å². The van der Waals surface area contributed by atoms with Crippen LogP contribution in [0.15, 0.2) is 73.4 Å². The van der Waals surface area contributed by atoms with Crippen molar-refractivity contribution in [2.45, 2.75) is 27.2 Å². The number of nitrogens with zero attached hydrogens (tertiary/aromatic N) is 5. The summed E-state index contributed by atoms with van der Waals surface area (Å²) in [7, 11) is 0. The van der Waals surface area contributed by atoms with Gasteiger partial charge in [-0.2, -0.15) is 5.10 Å². The molecule has 0 spiro atoms. The molecule has 0 radical (unpaired) electrons. The Kier molecular flexibility index (Phi) is 5.68. The van der Waals surface area contributed by atoms with Crippen molar-refractivity contribution >= 4 is 33.7 Å². The van der Waals surface area contributed by atoms with Gasteiger partial charge in [-0.1, -0.05) is 26.8 Å². The average molecular weight is 503 g/mol. The van der Waals surface area contributed by atoms with Crippen LogP contribution in [0.1, 0.15) is 27.2 Å². The van der Waals surface area contributed by atoms with Crippen LogP contribution in [0.2, 0.25) is 0 Å². The maximum Gasteiger partial charge on any atom is 0.224 e. The van der Waals surface area contributed by atoms with Crippen molar-refractivity contribution in [2.75, 3.05) is 5.32 Å². The Bertz CT molecular complexity index is 1780. The van der Waals surface area contributed by atoms with Gasteiger partial charge in [-0.15, -0.1) is 0 Å². The van der Waals surface area contributed by atoms with E-state index in [0.29, 0.717) is 17.8 Å². The molecule has 0 atom stereocenters. The molecule has 0 aliphatic heterocycles. The van der Waals surface area contributed by atoms with Crippen molar-refractivity contribution in [2.24, 2.45) is 5.41 Å². The van der Waals surface area contributed by atoms with Crippen molar-refractivity contribution in [3.8, 4) is 33.8 Å². The third-order valence-corrected chi connectivity index (χ3v) is 6.18. The molecule has 6 rings (SSSR count). The maximum atomic E-state index is 12.4. The maximum absolute atomic E-state index is 12.4. The molecule has 0 unspecified atom stereocenters. The number of carbonyl (C=O) groups is 1. The van der Waals surface area contributed by atoms with Gasteiger partial charge in [0.1, 0.15) is 16.9 Å². The summed E-state index contributed by atoms with van der Waals surface area (Å²) in [5.74, 6) is -0.0462. The Morgan fingerprint density at radius 1 is 0.974 bits per heavy atom. The van der Waals surface area contributed by atoms with Crippen molar-refractivity contribution in [1.82, 2.24) is 35.1 Å². The number of rotatable bonds is 5. The van der Waals surface area contributed by atoms with Crippen molar-refractivity contribution in [3.05, 3.63) is 73.4 Å². The fraction of sp³-hybridized carbons (Fsp3) is 0.172. The minimum atomic E-state index is -0.101. The zero-order chi connectivity index (χ0) is 26.3. The number of fused-ring (bicyclic) bond motifs is 2. The quantitative estimate of drug-likeness (QED) is 0.265. The second kappa shape index (κ2) is 9.19. The van der Waals surface area contributed by atoms with E-state index in [1.807, 2.05) is 69.4 Å². The molecule has 1 amide bonds. The topological polar surface area (TPSA) is 125 Å². The van der Waals surface area contributed by atoms with Crippen LogP contribution in [0.25, 0.3) is 55.8 Å². The number of hydrogen-bond donors (Lipinski definition) is 3. The highest BCUT2D eigenvalue weighted by molar-refractivity contribution is 5.99. The van der Waals surface area contributed by atoms with Gasteiger partial charge in [0.2, 0.25) is 5.91 Å². The predicted molar refractivity (Wildman–Crippen MR) is 148 cm³/mol. The third-order valence-electron chi connectivity index (χ3n) is 6.18. The Labute approximate surface area is 218 Å². The number of anilines is 1. The smallest absolute Gasteiger partial charge is 0.224 e. The second-order valence-corrected chi connectivity index (χ2v) is 10.5. The summed E-state index contributed by atoms with van der Waals surface area (Å²) in [6, 6.07) is 13.7. The molecule has 6 aromatic rings. The molecule has 0 aliphatic carbocycles. The molecule has 0 aliphatic rings. The SMILES string of the molecule is CC(C)(C)CC(=O)Nc1cncc(-c2ccc3[nH]nc(-c4cc5c(-c6cccnc6)ccnc5[nH]4)c3n2)c1. The number of carbonyl (C=O) groups excluding carboxylic acids is 1. The Morgan fingerprint density at radius 3 is 2.66 bits per heavy atom. The van der Waals surface area contributed by atoms with E-state index in [1.54, 1.807) is 24.8 Å². The van der Waals surface area contributed by atoms with Crippen LogP contribution in [0.4, 0.5) is 5.69 Å². The van der Waals surface area contributed by atoms with Gasteiger partial charge in [-0.05, 0) is 47.4 Å². The molecular formula is C29H26N8O. The summed E-state index contributed by atoms with van der Waals surface area (Å²) >= 11 is 0. The van der Waals surface area contributed by atoms with E-state index >= 15 is 0 Å². The standard InChI is InChI=1S/C29H26N8O/c1-29(2,3)13-25(38)33-19-11-18(15-31-16-19)22-6-7-23-26(34-22)27(37-36-23)24-12-21-20(8-10-32-28(21)35-24)17-5-4-9-30-14-17/h4-12,14-16H,13H2,1-3H3,(H,32,35)(H,33,38)(H,36,37). The summed E-state index contributed by atoms with van der Waals surface area (Å²) in [5, 5.41) is 11.6. The van der Waals surface area contributed by atoms with Crippen LogP contribution >= 0.6 is 0 Å². The number of amides is 1. The van der Waals surface area contributed by atoms with Gasteiger partial charge < -0.3 is 10.3 Å². The average Bonchev–Trinajstić information content (AvgIpc) is 3.51. The van der Waals surface area contributed by atoms with E-state index < -0.39 is 0 Å². The number of hydrogen-bond acceptors (Lipinski definition) is 6. The predicted octanol–water partition coefficient (Wildman–Crippen LogP) is 6.00. The highest BCUT2D eigenvalue weighted by atomic mass is 16.1. The lowest BCUT2D eigenvalue weighted by Crippen LogP contribution is -2.19. The number of pyridine rings is 4. The third kappa shape index (κ3) is 4.61. The molecule has 9 heteroatoms. The lowest BCUT2D eigenvalue weighted by molar-refractivity contribution is -0.117. The Hall–Kier alpha value is -4.92. The first-order chi connectivity index (χ1) is 18.3. The molecule has 0 saturated heterocycles. The van der Waals surface area contributed by atoms with Crippen molar-refractivity contribution in [3.63, 3.8) is 0 Å². The molecule has 0 aromatic carbocycles. The van der Waals surface area contributed by atoms with Crippen LogP contribution in [-0.2, 0) is 4.79 Å². The lowest BCUT2D eigenvalue weighted by atomic mass is 9.92. The van der Waals surface area contributed by atoms with E-state index in [4.69, 9.17) is 4.98 Å². The van der Waals surface area contributed by atoms with Gasteiger partial charge in [0, 0.05) is 47.7 Å². The first-order valence-corrected chi connectivity index (χ1v) is 12.3. The molecule has 188 valence electrons. The number of H-pyrrole nitrogens is 2. The zero-order valence-electron chi connectivity index (χ0n) is 21.3. The normalized spacial score (nSPS) is 11.8. The summed E-state index contributed by atoms with van der Waals surface area (Å²) < 4.78 is 0. The van der Waals surface area contributed by atoms with Crippen LogP contribution in [0.3, 0.4) is 0 Å². The van der Waals surface area contributed by atoms with Crippen LogP contribution < -0.4 is 5.32 Å².